The monoisotopic (exact) mass is 275 g/mol. The Hall–Kier alpha value is -1.94. The van der Waals surface area contributed by atoms with Gasteiger partial charge in [-0.3, -0.25) is 0 Å². The van der Waals surface area contributed by atoms with Crippen LogP contribution in [0.3, 0.4) is 0 Å². The van der Waals surface area contributed by atoms with Gasteiger partial charge in [-0.15, -0.1) is 0 Å². The van der Waals surface area contributed by atoms with Gasteiger partial charge in [-0.1, -0.05) is 13.0 Å². The molecule has 0 unspecified atom stereocenters. The van der Waals surface area contributed by atoms with Crippen LogP contribution in [0.2, 0.25) is 0 Å². The molecule has 1 heterocycles. The highest BCUT2D eigenvalue weighted by molar-refractivity contribution is 5.42. The molecule has 1 aromatic heterocycles. The summed E-state index contributed by atoms with van der Waals surface area (Å²) in [7, 11) is 1.66. The molecule has 0 bridgehead atoms. The van der Waals surface area contributed by atoms with Crippen molar-refractivity contribution in [2.75, 3.05) is 13.7 Å². The average molecular weight is 275 g/mol. The van der Waals surface area contributed by atoms with E-state index in [0.717, 1.165) is 35.8 Å². The van der Waals surface area contributed by atoms with Crippen molar-refractivity contribution in [2.45, 2.75) is 26.4 Å². The molecule has 0 amide bonds. The van der Waals surface area contributed by atoms with E-state index in [1.54, 1.807) is 13.4 Å². The van der Waals surface area contributed by atoms with Gasteiger partial charge in [0.25, 0.3) is 0 Å². The molecule has 1 aromatic carbocycles. The van der Waals surface area contributed by atoms with Gasteiger partial charge in [0.1, 0.15) is 5.76 Å². The lowest BCUT2D eigenvalue weighted by Gasteiger charge is -2.12. The Balaban J connectivity index is 1.93. The first-order valence-corrected chi connectivity index (χ1v) is 6.86. The van der Waals surface area contributed by atoms with Crippen molar-refractivity contribution in [2.24, 2.45) is 0 Å². The third-order valence-electron chi connectivity index (χ3n) is 2.90. The van der Waals surface area contributed by atoms with E-state index in [-0.39, 0.29) is 0 Å². The average Bonchev–Trinajstić information content (AvgIpc) is 2.98. The van der Waals surface area contributed by atoms with Crippen LogP contribution in [0.5, 0.6) is 11.5 Å². The van der Waals surface area contributed by atoms with E-state index < -0.39 is 0 Å². The molecule has 0 saturated carbocycles. The van der Waals surface area contributed by atoms with Crippen molar-refractivity contribution in [3.05, 3.63) is 47.9 Å². The van der Waals surface area contributed by atoms with Crippen LogP contribution in [0.4, 0.5) is 0 Å². The van der Waals surface area contributed by atoms with Crippen molar-refractivity contribution in [1.29, 1.82) is 0 Å². The first-order valence-electron chi connectivity index (χ1n) is 6.86. The maximum atomic E-state index is 5.70. The van der Waals surface area contributed by atoms with E-state index in [1.165, 1.54) is 0 Å². The standard InChI is InChI=1S/C16H21NO3/c1-3-8-20-16-10-13(6-7-15(16)18-2)11-17-12-14-5-4-9-19-14/h4-7,9-10,17H,3,8,11-12H2,1-2H3. The molecule has 20 heavy (non-hydrogen) atoms. The molecule has 2 rings (SSSR count). The van der Waals surface area contributed by atoms with E-state index in [0.29, 0.717) is 13.2 Å². The second-order valence-electron chi connectivity index (χ2n) is 4.52. The summed E-state index contributed by atoms with van der Waals surface area (Å²) in [6.45, 7) is 4.25. The zero-order chi connectivity index (χ0) is 14.2. The number of hydrogen-bond donors (Lipinski definition) is 1. The van der Waals surface area contributed by atoms with Gasteiger partial charge in [0.2, 0.25) is 0 Å². The molecule has 2 aromatic rings. The molecule has 0 spiro atoms. The summed E-state index contributed by atoms with van der Waals surface area (Å²) in [5, 5.41) is 3.33. The largest absolute Gasteiger partial charge is 0.493 e. The summed E-state index contributed by atoms with van der Waals surface area (Å²) in [6, 6.07) is 9.84. The molecule has 4 heteroatoms. The number of rotatable bonds is 8. The second-order valence-corrected chi connectivity index (χ2v) is 4.52. The fourth-order valence-corrected chi connectivity index (χ4v) is 1.90. The lowest BCUT2D eigenvalue weighted by Crippen LogP contribution is -2.12. The lowest BCUT2D eigenvalue weighted by molar-refractivity contribution is 0.294. The summed E-state index contributed by atoms with van der Waals surface area (Å²) in [4.78, 5) is 0. The van der Waals surface area contributed by atoms with Gasteiger partial charge in [-0.25, -0.2) is 0 Å². The maximum absolute atomic E-state index is 5.70. The molecule has 1 N–H and O–H groups in total. The van der Waals surface area contributed by atoms with E-state index in [2.05, 4.69) is 12.2 Å². The second kappa shape index (κ2) is 7.60. The number of furan rings is 1. The lowest BCUT2D eigenvalue weighted by atomic mass is 10.2. The van der Waals surface area contributed by atoms with Gasteiger partial charge in [-0.05, 0) is 36.2 Å². The first kappa shape index (κ1) is 14.5. The Morgan fingerprint density at radius 2 is 2.05 bits per heavy atom. The molecule has 0 aliphatic heterocycles. The smallest absolute Gasteiger partial charge is 0.161 e. The number of benzene rings is 1. The Labute approximate surface area is 119 Å². The highest BCUT2D eigenvalue weighted by Crippen LogP contribution is 2.28. The minimum Gasteiger partial charge on any atom is -0.493 e. The quantitative estimate of drug-likeness (QED) is 0.802. The van der Waals surface area contributed by atoms with Gasteiger partial charge in [0.15, 0.2) is 11.5 Å². The van der Waals surface area contributed by atoms with Crippen LogP contribution in [0.25, 0.3) is 0 Å². The molecule has 0 aliphatic carbocycles. The molecule has 0 atom stereocenters. The molecular formula is C16H21NO3. The Kier molecular flexibility index (Phi) is 5.50. The number of nitrogens with one attached hydrogen (secondary N) is 1. The zero-order valence-corrected chi connectivity index (χ0v) is 12.0. The van der Waals surface area contributed by atoms with Crippen LogP contribution < -0.4 is 14.8 Å². The summed E-state index contributed by atoms with van der Waals surface area (Å²) < 4.78 is 16.3. The fraction of sp³-hybridized carbons (Fsp3) is 0.375. The predicted molar refractivity (Wildman–Crippen MR) is 78.0 cm³/mol. The van der Waals surface area contributed by atoms with E-state index in [4.69, 9.17) is 13.9 Å². The zero-order valence-electron chi connectivity index (χ0n) is 12.0. The molecule has 0 radical (unpaired) electrons. The van der Waals surface area contributed by atoms with E-state index >= 15 is 0 Å². The topological polar surface area (TPSA) is 43.6 Å². The van der Waals surface area contributed by atoms with Gasteiger partial charge in [0.05, 0.1) is 26.5 Å². The SMILES string of the molecule is CCCOc1cc(CNCc2ccco2)ccc1OC. The Bertz CT molecular complexity index is 508. The Morgan fingerprint density at radius 1 is 1.15 bits per heavy atom. The molecule has 4 nitrogen and oxygen atoms in total. The molecule has 0 aliphatic rings. The van der Waals surface area contributed by atoms with Crippen LogP contribution >= 0.6 is 0 Å². The van der Waals surface area contributed by atoms with Crippen molar-refractivity contribution < 1.29 is 13.9 Å². The highest BCUT2D eigenvalue weighted by atomic mass is 16.5. The number of methoxy groups -OCH3 is 1. The van der Waals surface area contributed by atoms with Crippen molar-refractivity contribution in [3.63, 3.8) is 0 Å². The van der Waals surface area contributed by atoms with Gasteiger partial charge >= 0.3 is 0 Å². The minimum atomic E-state index is 0.694. The summed E-state index contributed by atoms with van der Waals surface area (Å²) >= 11 is 0. The normalized spacial score (nSPS) is 10.5. The van der Waals surface area contributed by atoms with Crippen LogP contribution in [0.1, 0.15) is 24.7 Å². The fourth-order valence-electron chi connectivity index (χ4n) is 1.90. The van der Waals surface area contributed by atoms with Gasteiger partial charge < -0.3 is 19.2 Å². The molecular weight excluding hydrogens is 254 g/mol. The molecule has 108 valence electrons. The summed E-state index contributed by atoms with van der Waals surface area (Å²) in [5.74, 6) is 2.50. The molecule has 0 fully saturated rings. The summed E-state index contributed by atoms with van der Waals surface area (Å²) in [6.07, 6.45) is 2.66. The van der Waals surface area contributed by atoms with E-state index in [9.17, 15) is 0 Å². The highest BCUT2D eigenvalue weighted by Gasteiger charge is 2.05. The van der Waals surface area contributed by atoms with Crippen LogP contribution in [0, 0.1) is 0 Å². The van der Waals surface area contributed by atoms with Crippen molar-refractivity contribution >= 4 is 0 Å². The minimum absolute atomic E-state index is 0.694. The van der Waals surface area contributed by atoms with Crippen LogP contribution in [-0.4, -0.2) is 13.7 Å². The van der Waals surface area contributed by atoms with Gasteiger partial charge in [-0.2, -0.15) is 0 Å². The number of ether oxygens (including phenoxy) is 2. The molecule has 0 saturated heterocycles. The van der Waals surface area contributed by atoms with Gasteiger partial charge in [0, 0.05) is 6.54 Å². The third-order valence-corrected chi connectivity index (χ3v) is 2.90. The third kappa shape index (κ3) is 4.03. The summed E-state index contributed by atoms with van der Waals surface area (Å²) in [5.41, 5.74) is 1.16. The first-order chi connectivity index (χ1) is 9.83. The van der Waals surface area contributed by atoms with E-state index in [1.807, 2.05) is 30.3 Å². The van der Waals surface area contributed by atoms with Crippen molar-refractivity contribution in [1.82, 2.24) is 5.32 Å². The van der Waals surface area contributed by atoms with Crippen LogP contribution in [0.15, 0.2) is 41.0 Å². The van der Waals surface area contributed by atoms with Crippen LogP contribution in [-0.2, 0) is 13.1 Å². The maximum Gasteiger partial charge on any atom is 0.161 e. The Morgan fingerprint density at radius 3 is 2.75 bits per heavy atom. The van der Waals surface area contributed by atoms with Crippen molar-refractivity contribution in [3.8, 4) is 11.5 Å². The predicted octanol–water partition coefficient (Wildman–Crippen LogP) is 3.37. The number of hydrogen-bond acceptors (Lipinski definition) is 4.